The number of ketones is 1. The zero-order chi connectivity index (χ0) is 15.4. The third kappa shape index (κ3) is 3.43. The van der Waals surface area contributed by atoms with E-state index in [-0.39, 0.29) is 11.5 Å². The molecular weight excluding hydrogens is 290 g/mol. The highest BCUT2D eigenvalue weighted by Crippen LogP contribution is 2.25. The van der Waals surface area contributed by atoms with Crippen molar-refractivity contribution in [3.8, 4) is 0 Å². The number of nitrogens with zero attached hydrogens (tertiary/aromatic N) is 2. The number of carbonyl (C=O) groups is 2. The van der Waals surface area contributed by atoms with E-state index in [1.54, 1.807) is 12.4 Å². The SMILES string of the molecule is COC(=O)c1nc(NCc2ccncc2C)sc1C(C)=O. The van der Waals surface area contributed by atoms with Crippen LogP contribution in [0.5, 0.6) is 0 Å². The van der Waals surface area contributed by atoms with Crippen LogP contribution in [0.3, 0.4) is 0 Å². The Kier molecular flexibility index (Phi) is 4.64. The van der Waals surface area contributed by atoms with Gasteiger partial charge in [0.15, 0.2) is 16.6 Å². The number of aryl methyl sites for hydroxylation is 1. The first-order valence-corrected chi connectivity index (χ1v) is 7.08. The maximum absolute atomic E-state index is 11.6. The average molecular weight is 305 g/mol. The van der Waals surface area contributed by atoms with Gasteiger partial charge in [0.2, 0.25) is 0 Å². The van der Waals surface area contributed by atoms with Gasteiger partial charge in [-0.25, -0.2) is 9.78 Å². The first-order valence-electron chi connectivity index (χ1n) is 6.26. The fraction of sp³-hybridized carbons (Fsp3) is 0.286. The zero-order valence-corrected chi connectivity index (χ0v) is 12.8. The molecule has 0 aliphatic rings. The molecule has 0 saturated heterocycles. The molecule has 0 aromatic carbocycles. The summed E-state index contributed by atoms with van der Waals surface area (Å²) in [5.41, 5.74) is 2.19. The van der Waals surface area contributed by atoms with E-state index in [0.717, 1.165) is 22.5 Å². The largest absolute Gasteiger partial charge is 0.464 e. The summed E-state index contributed by atoms with van der Waals surface area (Å²) in [5.74, 6) is -0.814. The summed E-state index contributed by atoms with van der Waals surface area (Å²) in [5, 5.41) is 3.63. The number of aromatic nitrogens is 2. The maximum Gasteiger partial charge on any atom is 0.358 e. The van der Waals surface area contributed by atoms with Crippen LogP contribution in [0.4, 0.5) is 5.13 Å². The fourth-order valence-corrected chi connectivity index (χ4v) is 2.58. The molecule has 0 radical (unpaired) electrons. The number of thiazole rings is 1. The Labute approximate surface area is 126 Å². The predicted molar refractivity (Wildman–Crippen MR) is 79.8 cm³/mol. The van der Waals surface area contributed by atoms with Crippen molar-refractivity contribution in [2.45, 2.75) is 20.4 Å². The minimum Gasteiger partial charge on any atom is -0.464 e. The highest BCUT2D eigenvalue weighted by molar-refractivity contribution is 7.17. The Bertz CT molecular complexity index is 682. The topological polar surface area (TPSA) is 81.2 Å². The normalized spacial score (nSPS) is 10.2. The molecular formula is C14H15N3O3S. The van der Waals surface area contributed by atoms with Crippen molar-refractivity contribution >= 4 is 28.2 Å². The molecule has 7 heteroatoms. The molecule has 0 fully saturated rings. The van der Waals surface area contributed by atoms with E-state index in [4.69, 9.17) is 0 Å². The van der Waals surface area contributed by atoms with Crippen molar-refractivity contribution in [3.63, 3.8) is 0 Å². The highest BCUT2D eigenvalue weighted by Gasteiger charge is 2.21. The van der Waals surface area contributed by atoms with E-state index in [1.165, 1.54) is 14.0 Å². The summed E-state index contributed by atoms with van der Waals surface area (Å²) in [6, 6.07) is 1.91. The van der Waals surface area contributed by atoms with Gasteiger partial charge < -0.3 is 10.1 Å². The monoisotopic (exact) mass is 305 g/mol. The summed E-state index contributed by atoms with van der Waals surface area (Å²) in [6.07, 6.45) is 3.49. The number of methoxy groups -OCH3 is 1. The van der Waals surface area contributed by atoms with Crippen molar-refractivity contribution in [1.29, 1.82) is 0 Å². The van der Waals surface area contributed by atoms with Gasteiger partial charge in [-0.3, -0.25) is 9.78 Å². The number of anilines is 1. The van der Waals surface area contributed by atoms with Crippen LogP contribution in [0.1, 0.15) is 38.2 Å². The van der Waals surface area contributed by atoms with Gasteiger partial charge in [0.1, 0.15) is 4.88 Å². The predicted octanol–water partition coefficient (Wildman–Crippen LogP) is 2.45. The summed E-state index contributed by atoms with van der Waals surface area (Å²) in [6.45, 7) is 3.91. The second kappa shape index (κ2) is 6.45. The van der Waals surface area contributed by atoms with Gasteiger partial charge in [0, 0.05) is 25.9 Å². The lowest BCUT2D eigenvalue weighted by molar-refractivity contribution is 0.0591. The number of Topliss-reactive ketones (excluding diaryl/α,β-unsaturated/α-hetero) is 1. The van der Waals surface area contributed by atoms with E-state index in [9.17, 15) is 9.59 Å². The molecule has 21 heavy (non-hydrogen) atoms. The van der Waals surface area contributed by atoms with Crippen molar-refractivity contribution in [2.75, 3.05) is 12.4 Å². The van der Waals surface area contributed by atoms with E-state index in [1.807, 2.05) is 13.0 Å². The first kappa shape index (κ1) is 15.1. The summed E-state index contributed by atoms with van der Waals surface area (Å²) in [7, 11) is 1.26. The van der Waals surface area contributed by atoms with Crippen LogP contribution in [-0.4, -0.2) is 28.8 Å². The molecule has 2 rings (SSSR count). The molecule has 110 valence electrons. The fourth-order valence-electron chi connectivity index (χ4n) is 1.74. The Morgan fingerprint density at radius 2 is 2.19 bits per heavy atom. The second-order valence-electron chi connectivity index (χ2n) is 4.40. The van der Waals surface area contributed by atoms with Crippen LogP contribution in [0, 0.1) is 6.92 Å². The minimum absolute atomic E-state index is 0.0592. The lowest BCUT2D eigenvalue weighted by atomic mass is 10.2. The number of rotatable bonds is 5. The molecule has 2 heterocycles. The molecule has 0 unspecified atom stereocenters. The third-order valence-corrected chi connectivity index (χ3v) is 4.01. The third-order valence-electron chi connectivity index (χ3n) is 2.89. The Balaban J connectivity index is 2.20. The number of ether oxygens (including phenoxy) is 1. The summed E-state index contributed by atoms with van der Waals surface area (Å²) < 4.78 is 4.64. The van der Waals surface area contributed by atoms with E-state index >= 15 is 0 Å². The second-order valence-corrected chi connectivity index (χ2v) is 5.40. The number of hydrogen-bond donors (Lipinski definition) is 1. The van der Waals surface area contributed by atoms with Gasteiger partial charge in [-0.15, -0.1) is 0 Å². The Morgan fingerprint density at radius 3 is 2.81 bits per heavy atom. The summed E-state index contributed by atoms with van der Waals surface area (Å²) >= 11 is 1.15. The molecule has 1 N–H and O–H groups in total. The molecule has 2 aromatic rings. The first-order chi connectivity index (χ1) is 10.0. The standard InChI is InChI=1S/C14H15N3O3S/c1-8-6-15-5-4-10(8)7-16-14-17-11(13(19)20-3)12(21-14)9(2)18/h4-6H,7H2,1-3H3,(H,16,17). The number of nitrogens with one attached hydrogen (secondary N) is 1. The van der Waals surface area contributed by atoms with Crippen LogP contribution >= 0.6 is 11.3 Å². The molecule has 6 nitrogen and oxygen atoms in total. The van der Waals surface area contributed by atoms with Crippen molar-refractivity contribution in [1.82, 2.24) is 9.97 Å². The molecule has 0 amide bonds. The number of pyridine rings is 1. The summed E-state index contributed by atoms with van der Waals surface area (Å²) in [4.78, 5) is 31.6. The van der Waals surface area contributed by atoms with Crippen molar-refractivity contribution in [3.05, 3.63) is 40.2 Å². The van der Waals surface area contributed by atoms with Crippen LogP contribution < -0.4 is 5.32 Å². The molecule has 0 saturated carbocycles. The number of carbonyl (C=O) groups excluding carboxylic acids is 2. The average Bonchev–Trinajstić information content (AvgIpc) is 2.90. The van der Waals surface area contributed by atoms with Gasteiger partial charge in [0.25, 0.3) is 0 Å². The van der Waals surface area contributed by atoms with Gasteiger partial charge in [-0.2, -0.15) is 0 Å². The number of hydrogen-bond acceptors (Lipinski definition) is 7. The smallest absolute Gasteiger partial charge is 0.358 e. The van der Waals surface area contributed by atoms with Crippen LogP contribution in [0.15, 0.2) is 18.5 Å². The Hall–Kier alpha value is -2.28. The van der Waals surface area contributed by atoms with E-state index in [0.29, 0.717) is 16.6 Å². The van der Waals surface area contributed by atoms with E-state index in [2.05, 4.69) is 20.0 Å². The van der Waals surface area contributed by atoms with Crippen LogP contribution in [0.2, 0.25) is 0 Å². The molecule has 0 spiro atoms. The molecule has 0 atom stereocenters. The minimum atomic E-state index is -0.607. The Morgan fingerprint density at radius 1 is 1.43 bits per heavy atom. The highest BCUT2D eigenvalue weighted by atomic mass is 32.1. The molecule has 0 bridgehead atoms. The van der Waals surface area contributed by atoms with E-state index < -0.39 is 5.97 Å². The van der Waals surface area contributed by atoms with Gasteiger partial charge in [-0.05, 0) is 24.1 Å². The van der Waals surface area contributed by atoms with Gasteiger partial charge in [0.05, 0.1) is 7.11 Å². The molecule has 0 aliphatic heterocycles. The van der Waals surface area contributed by atoms with Crippen molar-refractivity contribution < 1.29 is 14.3 Å². The van der Waals surface area contributed by atoms with Crippen molar-refractivity contribution in [2.24, 2.45) is 0 Å². The van der Waals surface area contributed by atoms with Gasteiger partial charge in [-0.1, -0.05) is 11.3 Å². The quantitative estimate of drug-likeness (QED) is 0.675. The number of esters is 1. The molecule has 2 aromatic heterocycles. The zero-order valence-electron chi connectivity index (χ0n) is 12.0. The lowest BCUT2D eigenvalue weighted by Crippen LogP contribution is -2.07. The van der Waals surface area contributed by atoms with Gasteiger partial charge >= 0.3 is 5.97 Å². The molecule has 0 aliphatic carbocycles. The van der Waals surface area contributed by atoms with Crippen LogP contribution in [0.25, 0.3) is 0 Å². The van der Waals surface area contributed by atoms with Crippen LogP contribution in [-0.2, 0) is 11.3 Å². The maximum atomic E-state index is 11.6. The lowest BCUT2D eigenvalue weighted by Gasteiger charge is -2.05.